The number of allylic oxidation sites excluding steroid dienone is 2. The Bertz CT molecular complexity index is 1060. The Morgan fingerprint density at radius 1 is 1.12 bits per heavy atom. The SMILES string of the molecule is CC1CC[C@@]2(C)C(=CCC3C4CC5OC6(CCC(COC(=O)[C@](C)(O)CC(=O)O)CO6)C(C)C5[C@@]4(C)CCC32)C1. The van der Waals surface area contributed by atoms with E-state index < -0.39 is 29.7 Å². The fraction of sp³-hybridized carbons (Fsp3) is 0.879. The molecular formula is C33H50O7. The Morgan fingerprint density at radius 2 is 1.90 bits per heavy atom. The summed E-state index contributed by atoms with van der Waals surface area (Å²) in [4.78, 5) is 23.2. The van der Waals surface area contributed by atoms with Crippen LogP contribution in [-0.4, -0.2) is 52.9 Å². The molecular weight excluding hydrogens is 508 g/mol. The number of ether oxygens (including phenoxy) is 3. The summed E-state index contributed by atoms with van der Waals surface area (Å²) in [6.45, 7) is 11.7. The van der Waals surface area contributed by atoms with Crippen LogP contribution in [0.5, 0.6) is 0 Å². The van der Waals surface area contributed by atoms with Crippen molar-refractivity contribution in [2.75, 3.05) is 13.2 Å². The molecule has 0 radical (unpaired) electrons. The number of aliphatic carboxylic acids is 1. The molecule has 12 atom stereocenters. The first-order valence-corrected chi connectivity index (χ1v) is 15.9. The van der Waals surface area contributed by atoms with Crippen molar-refractivity contribution >= 4 is 11.9 Å². The third kappa shape index (κ3) is 4.40. The second-order valence-corrected chi connectivity index (χ2v) is 15.3. The first-order valence-electron chi connectivity index (χ1n) is 15.9. The molecule has 224 valence electrons. The van der Waals surface area contributed by atoms with Gasteiger partial charge in [-0.3, -0.25) is 4.79 Å². The maximum absolute atomic E-state index is 12.3. The number of esters is 1. The number of carboxylic acid groups (broad SMARTS) is 1. The third-order valence-electron chi connectivity index (χ3n) is 12.9. The highest BCUT2D eigenvalue weighted by Gasteiger charge is 2.68. The molecule has 0 bridgehead atoms. The van der Waals surface area contributed by atoms with Crippen molar-refractivity contribution < 1.29 is 34.0 Å². The maximum atomic E-state index is 12.3. The van der Waals surface area contributed by atoms with E-state index in [1.54, 1.807) is 5.57 Å². The van der Waals surface area contributed by atoms with Crippen molar-refractivity contribution in [2.24, 2.45) is 52.3 Å². The van der Waals surface area contributed by atoms with Gasteiger partial charge in [0.15, 0.2) is 11.4 Å². The van der Waals surface area contributed by atoms with Crippen LogP contribution in [0.25, 0.3) is 0 Å². The molecule has 5 fully saturated rings. The quantitative estimate of drug-likeness (QED) is 0.328. The molecule has 40 heavy (non-hydrogen) atoms. The third-order valence-corrected chi connectivity index (χ3v) is 12.9. The van der Waals surface area contributed by atoms with Crippen LogP contribution < -0.4 is 0 Å². The average molecular weight is 559 g/mol. The standard InChI is InChI=1S/C33H50O7/c1-19-8-11-30(3)22(14-19)6-7-23-24(30)10-12-31(4)25(23)15-26-28(31)20(2)33(40-26)13-9-21(18-39-33)17-38-29(36)32(5,37)16-27(34)35/h6,19-21,23-26,28,37H,7-18H2,1-5H3,(H,34,35)/t19?,20?,21?,23?,24?,25?,26?,28?,30-,31-,32+,33?/m0/s1. The van der Waals surface area contributed by atoms with Gasteiger partial charge in [-0.1, -0.05) is 39.3 Å². The van der Waals surface area contributed by atoms with Crippen molar-refractivity contribution in [3.05, 3.63) is 11.6 Å². The molecule has 6 rings (SSSR count). The monoisotopic (exact) mass is 558 g/mol. The highest BCUT2D eigenvalue weighted by molar-refractivity contribution is 5.84. The molecule has 9 unspecified atom stereocenters. The molecule has 1 spiro atoms. The van der Waals surface area contributed by atoms with Crippen LogP contribution >= 0.6 is 0 Å². The summed E-state index contributed by atoms with van der Waals surface area (Å²) in [6, 6.07) is 0. The van der Waals surface area contributed by atoms with E-state index in [-0.39, 0.29) is 24.0 Å². The van der Waals surface area contributed by atoms with Crippen LogP contribution in [0.15, 0.2) is 11.6 Å². The summed E-state index contributed by atoms with van der Waals surface area (Å²) in [5.41, 5.74) is 0.411. The summed E-state index contributed by atoms with van der Waals surface area (Å²) >= 11 is 0. The Labute approximate surface area is 239 Å². The van der Waals surface area contributed by atoms with Crippen molar-refractivity contribution in [3.8, 4) is 0 Å². The van der Waals surface area contributed by atoms with Gasteiger partial charge in [-0.05, 0) is 98.7 Å². The second kappa shape index (κ2) is 9.80. The van der Waals surface area contributed by atoms with Gasteiger partial charge >= 0.3 is 11.9 Å². The lowest BCUT2D eigenvalue weighted by molar-refractivity contribution is -0.276. The van der Waals surface area contributed by atoms with E-state index in [0.717, 1.165) is 37.0 Å². The van der Waals surface area contributed by atoms with E-state index >= 15 is 0 Å². The van der Waals surface area contributed by atoms with Crippen LogP contribution in [0.4, 0.5) is 0 Å². The normalized spacial score (nSPS) is 49.2. The number of hydrogen-bond acceptors (Lipinski definition) is 6. The Kier molecular flexibility index (Phi) is 7.03. The minimum absolute atomic E-state index is 0.00685. The van der Waals surface area contributed by atoms with Gasteiger partial charge in [0, 0.05) is 18.3 Å². The molecule has 6 aliphatic rings. The lowest BCUT2D eigenvalue weighted by atomic mass is 9.46. The topological polar surface area (TPSA) is 102 Å². The van der Waals surface area contributed by atoms with Gasteiger partial charge in [0.1, 0.15) is 0 Å². The van der Waals surface area contributed by atoms with E-state index in [2.05, 4.69) is 33.8 Å². The van der Waals surface area contributed by atoms with E-state index in [4.69, 9.17) is 19.3 Å². The summed E-state index contributed by atoms with van der Waals surface area (Å²) in [5, 5.41) is 19.1. The number of fused-ring (bicyclic) bond motifs is 7. The number of hydrogen-bond donors (Lipinski definition) is 2. The van der Waals surface area contributed by atoms with Gasteiger partial charge in [0.05, 0.1) is 25.7 Å². The van der Waals surface area contributed by atoms with Gasteiger partial charge in [0.25, 0.3) is 0 Å². The molecule has 3 saturated carbocycles. The van der Waals surface area contributed by atoms with Crippen molar-refractivity contribution in [1.82, 2.24) is 0 Å². The van der Waals surface area contributed by atoms with Crippen LogP contribution in [-0.2, 0) is 23.8 Å². The van der Waals surface area contributed by atoms with Crippen molar-refractivity contribution in [2.45, 2.75) is 116 Å². The molecule has 0 amide bonds. The number of carboxylic acids is 1. The molecule has 7 nitrogen and oxygen atoms in total. The molecule has 0 aromatic heterocycles. The summed E-state index contributed by atoms with van der Waals surface area (Å²) in [5.74, 6) is 1.23. The smallest absolute Gasteiger partial charge is 0.338 e. The zero-order valence-corrected chi connectivity index (χ0v) is 25.1. The molecule has 4 aliphatic carbocycles. The number of carbonyl (C=O) groups is 2. The fourth-order valence-corrected chi connectivity index (χ4v) is 10.6. The van der Waals surface area contributed by atoms with E-state index in [9.17, 15) is 14.7 Å². The van der Waals surface area contributed by atoms with Crippen LogP contribution in [0.1, 0.15) is 98.8 Å². The molecule has 0 aromatic carbocycles. The molecule has 2 aliphatic heterocycles. The van der Waals surface area contributed by atoms with Crippen LogP contribution in [0.2, 0.25) is 0 Å². The van der Waals surface area contributed by atoms with Gasteiger partial charge in [0.2, 0.25) is 0 Å². The fourth-order valence-electron chi connectivity index (χ4n) is 10.6. The van der Waals surface area contributed by atoms with Crippen molar-refractivity contribution in [1.29, 1.82) is 0 Å². The Balaban J connectivity index is 1.09. The maximum Gasteiger partial charge on any atom is 0.338 e. The molecule has 2 saturated heterocycles. The highest BCUT2D eigenvalue weighted by Crippen LogP contribution is 2.70. The predicted octanol–water partition coefficient (Wildman–Crippen LogP) is 5.74. The summed E-state index contributed by atoms with van der Waals surface area (Å²) < 4.78 is 18.8. The Hall–Kier alpha value is -1.44. The van der Waals surface area contributed by atoms with Gasteiger partial charge in [-0.15, -0.1) is 0 Å². The van der Waals surface area contributed by atoms with Crippen molar-refractivity contribution in [3.63, 3.8) is 0 Å². The zero-order valence-electron chi connectivity index (χ0n) is 25.1. The zero-order chi connectivity index (χ0) is 28.7. The molecule has 2 heterocycles. The van der Waals surface area contributed by atoms with Crippen LogP contribution in [0, 0.1) is 52.3 Å². The average Bonchev–Trinajstić information content (AvgIpc) is 3.33. The lowest BCUT2D eigenvalue weighted by Crippen LogP contribution is -2.52. The highest BCUT2D eigenvalue weighted by atomic mass is 16.7. The van der Waals surface area contributed by atoms with E-state index in [0.29, 0.717) is 29.8 Å². The number of carbonyl (C=O) groups excluding carboxylic acids is 1. The Morgan fingerprint density at radius 3 is 2.60 bits per heavy atom. The van der Waals surface area contributed by atoms with Gasteiger partial charge < -0.3 is 24.4 Å². The number of aliphatic hydroxyl groups is 1. The lowest BCUT2D eigenvalue weighted by Gasteiger charge is -2.58. The largest absolute Gasteiger partial charge is 0.481 e. The summed E-state index contributed by atoms with van der Waals surface area (Å²) in [7, 11) is 0. The minimum Gasteiger partial charge on any atom is -0.481 e. The number of rotatable bonds is 5. The predicted molar refractivity (Wildman–Crippen MR) is 149 cm³/mol. The first kappa shape index (κ1) is 28.7. The summed E-state index contributed by atoms with van der Waals surface area (Å²) in [6.07, 6.45) is 12.8. The molecule has 0 aromatic rings. The van der Waals surface area contributed by atoms with E-state index in [1.807, 2.05) is 0 Å². The first-order chi connectivity index (χ1) is 18.8. The minimum atomic E-state index is -2.03. The van der Waals surface area contributed by atoms with Gasteiger partial charge in [-0.25, -0.2) is 4.79 Å². The second-order valence-electron chi connectivity index (χ2n) is 15.3. The molecule has 7 heteroatoms. The molecule has 2 N–H and O–H groups in total. The van der Waals surface area contributed by atoms with E-state index in [1.165, 1.54) is 45.4 Å². The van der Waals surface area contributed by atoms with Crippen LogP contribution in [0.3, 0.4) is 0 Å². The van der Waals surface area contributed by atoms with Gasteiger partial charge in [-0.2, -0.15) is 0 Å².